The summed E-state index contributed by atoms with van der Waals surface area (Å²) in [7, 11) is 0. The SMILES string of the molecule is NC(=O)c1ccc(-c2nccc(-c3ccc(Cl)cc3)n2)cc1. The van der Waals surface area contributed by atoms with Crippen molar-refractivity contribution in [1.82, 2.24) is 9.97 Å². The van der Waals surface area contributed by atoms with Gasteiger partial charge in [-0.25, -0.2) is 9.97 Å². The maximum atomic E-state index is 11.1. The van der Waals surface area contributed by atoms with Crippen LogP contribution in [0, 0.1) is 0 Å². The van der Waals surface area contributed by atoms with E-state index in [0.717, 1.165) is 16.8 Å². The van der Waals surface area contributed by atoms with Gasteiger partial charge >= 0.3 is 0 Å². The molecule has 1 aromatic heterocycles. The molecule has 2 aromatic carbocycles. The topological polar surface area (TPSA) is 68.9 Å². The molecule has 0 atom stereocenters. The number of rotatable bonds is 3. The van der Waals surface area contributed by atoms with Gasteiger partial charge in [0.25, 0.3) is 0 Å². The average molecular weight is 310 g/mol. The number of nitrogens with two attached hydrogens (primary N) is 1. The number of hydrogen-bond donors (Lipinski definition) is 1. The van der Waals surface area contributed by atoms with Crippen LogP contribution in [0.15, 0.2) is 60.8 Å². The van der Waals surface area contributed by atoms with Crippen molar-refractivity contribution >= 4 is 17.5 Å². The Bertz CT molecular complexity index is 814. The number of amides is 1. The first kappa shape index (κ1) is 14.2. The number of aromatic nitrogens is 2. The molecule has 1 amide bonds. The quantitative estimate of drug-likeness (QED) is 0.804. The van der Waals surface area contributed by atoms with Gasteiger partial charge in [0.05, 0.1) is 5.69 Å². The summed E-state index contributed by atoms with van der Waals surface area (Å²) in [5.41, 5.74) is 8.28. The zero-order valence-corrected chi connectivity index (χ0v) is 12.3. The van der Waals surface area contributed by atoms with Gasteiger partial charge in [0.15, 0.2) is 5.82 Å². The number of hydrogen-bond acceptors (Lipinski definition) is 3. The van der Waals surface area contributed by atoms with Crippen LogP contribution in [-0.4, -0.2) is 15.9 Å². The molecule has 5 heteroatoms. The lowest BCUT2D eigenvalue weighted by molar-refractivity contribution is 0.100. The number of nitrogens with zero attached hydrogens (tertiary/aromatic N) is 2. The van der Waals surface area contributed by atoms with Crippen molar-refractivity contribution in [2.24, 2.45) is 5.73 Å². The summed E-state index contributed by atoms with van der Waals surface area (Å²) in [6.45, 7) is 0. The second kappa shape index (κ2) is 5.95. The van der Waals surface area contributed by atoms with E-state index < -0.39 is 5.91 Å². The Morgan fingerprint density at radius 2 is 1.55 bits per heavy atom. The number of carbonyl (C=O) groups excluding carboxylic acids is 1. The Morgan fingerprint density at radius 1 is 0.909 bits per heavy atom. The van der Waals surface area contributed by atoms with E-state index in [1.54, 1.807) is 30.5 Å². The molecular weight excluding hydrogens is 298 g/mol. The van der Waals surface area contributed by atoms with E-state index in [2.05, 4.69) is 9.97 Å². The minimum atomic E-state index is -0.456. The number of halogens is 1. The van der Waals surface area contributed by atoms with Crippen molar-refractivity contribution in [3.8, 4) is 22.6 Å². The van der Waals surface area contributed by atoms with E-state index in [0.29, 0.717) is 16.4 Å². The van der Waals surface area contributed by atoms with Gasteiger partial charge in [-0.2, -0.15) is 0 Å². The highest BCUT2D eigenvalue weighted by Crippen LogP contribution is 2.22. The first-order valence-corrected chi connectivity index (χ1v) is 7.00. The fourth-order valence-electron chi connectivity index (χ4n) is 2.06. The smallest absolute Gasteiger partial charge is 0.248 e. The fourth-order valence-corrected chi connectivity index (χ4v) is 2.19. The van der Waals surface area contributed by atoms with Crippen LogP contribution >= 0.6 is 11.6 Å². The van der Waals surface area contributed by atoms with Crippen LogP contribution in [0.2, 0.25) is 5.02 Å². The summed E-state index contributed by atoms with van der Waals surface area (Å²) in [5, 5.41) is 0.681. The van der Waals surface area contributed by atoms with Crippen LogP contribution in [-0.2, 0) is 0 Å². The number of benzene rings is 2. The molecule has 0 saturated carbocycles. The molecule has 0 aliphatic rings. The van der Waals surface area contributed by atoms with Crippen LogP contribution in [0.25, 0.3) is 22.6 Å². The number of primary amides is 1. The molecule has 22 heavy (non-hydrogen) atoms. The van der Waals surface area contributed by atoms with E-state index in [1.165, 1.54) is 0 Å². The molecule has 0 bridgehead atoms. The zero-order chi connectivity index (χ0) is 15.5. The van der Waals surface area contributed by atoms with Crippen molar-refractivity contribution < 1.29 is 4.79 Å². The molecule has 2 N–H and O–H groups in total. The summed E-state index contributed by atoms with van der Waals surface area (Å²) in [6.07, 6.45) is 1.70. The predicted molar refractivity (Wildman–Crippen MR) is 86.4 cm³/mol. The molecule has 3 aromatic rings. The third kappa shape index (κ3) is 2.97. The fraction of sp³-hybridized carbons (Fsp3) is 0. The van der Waals surface area contributed by atoms with Crippen molar-refractivity contribution in [2.75, 3.05) is 0 Å². The summed E-state index contributed by atoms with van der Waals surface area (Å²) in [4.78, 5) is 19.9. The summed E-state index contributed by atoms with van der Waals surface area (Å²) in [5.74, 6) is 0.130. The molecule has 0 saturated heterocycles. The minimum Gasteiger partial charge on any atom is -0.366 e. The van der Waals surface area contributed by atoms with E-state index in [4.69, 9.17) is 17.3 Å². The monoisotopic (exact) mass is 309 g/mol. The number of carbonyl (C=O) groups is 1. The van der Waals surface area contributed by atoms with Crippen LogP contribution in [0.3, 0.4) is 0 Å². The van der Waals surface area contributed by atoms with Crippen LogP contribution in [0.5, 0.6) is 0 Å². The second-order valence-electron chi connectivity index (χ2n) is 4.71. The Kier molecular flexibility index (Phi) is 3.85. The van der Waals surface area contributed by atoms with Crippen molar-refractivity contribution in [1.29, 1.82) is 0 Å². The molecular formula is C17H12ClN3O. The van der Waals surface area contributed by atoms with Gasteiger partial charge in [0.2, 0.25) is 5.91 Å². The summed E-state index contributed by atoms with van der Waals surface area (Å²) >= 11 is 5.90. The third-order valence-corrected chi connectivity index (χ3v) is 3.48. The molecule has 1 heterocycles. The van der Waals surface area contributed by atoms with Gasteiger partial charge < -0.3 is 5.73 Å². The van der Waals surface area contributed by atoms with Crippen molar-refractivity contribution in [3.05, 3.63) is 71.4 Å². The molecule has 0 fully saturated rings. The van der Waals surface area contributed by atoms with Crippen LogP contribution < -0.4 is 5.73 Å². The van der Waals surface area contributed by atoms with Crippen molar-refractivity contribution in [2.45, 2.75) is 0 Å². The predicted octanol–water partition coefficient (Wildman–Crippen LogP) is 3.56. The van der Waals surface area contributed by atoms with E-state index in [1.807, 2.05) is 30.3 Å². The van der Waals surface area contributed by atoms with E-state index >= 15 is 0 Å². The van der Waals surface area contributed by atoms with Gasteiger partial charge in [0.1, 0.15) is 0 Å². The summed E-state index contributed by atoms with van der Waals surface area (Å²) < 4.78 is 0. The van der Waals surface area contributed by atoms with Gasteiger partial charge in [-0.3, -0.25) is 4.79 Å². The highest BCUT2D eigenvalue weighted by Gasteiger charge is 2.06. The van der Waals surface area contributed by atoms with Gasteiger partial charge in [0, 0.05) is 27.9 Å². The molecule has 3 rings (SSSR count). The lowest BCUT2D eigenvalue weighted by atomic mass is 10.1. The lowest BCUT2D eigenvalue weighted by Crippen LogP contribution is -2.10. The normalized spacial score (nSPS) is 10.4. The minimum absolute atomic E-state index is 0.456. The average Bonchev–Trinajstić information content (AvgIpc) is 2.56. The molecule has 108 valence electrons. The maximum Gasteiger partial charge on any atom is 0.248 e. The van der Waals surface area contributed by atoms with Crippen LogP contribution in [0.4, 0.5) is 0 Å². The molecule has 0 spiro atoms. The molecule has 0 unspecified atom stereocenters. The standard InChI is InChI=1S/C17H12ClN3O/c18-14-7-5-11(6-8-14)15-9-10-20-17(21-15)13-3-1-12(2-4-13)16(19)22/h1-10H,(H2,19,22). The first-order chi connectivity index (χ1) is 10.6. The zero-order valence-electron chi connectivity index (χ0n) is 11.5. The van der Waals surface area contributed by atoms with E-state index in [9.17, 15) is 4.79 Å². The molecule has 0 radical (unpaired) electrons. The summed E-state index contributed by atoms with van der Waals surface area (Å²) in [6, 6.07) is 16.2. The lowest BCUT2D eigenvalue weighted by Gasteiger charge is -2.05. The maximum absolute atomic E-state index is 11.1. The molecule has 0 aliphatic carbocycles. The van der Waals surface area contributed by atoms with E-state index in [-0.39, 0.29) is 0 Å². The second-order valence-corrected chi connectivity index (χ2v) is 5.15. The van der Waals surface area contributed by atoms with Gasteiger partial charge in [-0.05, 0) is 30.3 Å². The Labute approximate surface area is 132 Å². The molecule has 0 aliphatic heterocycles. The third-order valence-electron chi connectivity index (χ3n) is 3.22. The molecule has 4 nitrogen and oxygen atoms in total. The van der Waals surface area contributed by atoms with Gasteiger partial charge in [-0.15, -0.1) is 0 Å². The van der Waals surface area contributed by atoms with Crippen LogP contribution in [0.1, 0.15) is 10.4 Å². The van der Waals surface area contributed by atoms with Crippen molar-refractivity contribution in [3.63, 3.8) is 0 Å². The largest absolute Gasteiger partial charge is 0.366 e. The Hall–Kier alpha value is -2.72. The highest BCUT2D eigenvalue weighted by atomic mass is 35.5. The Balaban J connectivity index is 1.97. The van der Waals surface area contributed by atoms with Gasteiger partial charge in [-0.1, -0.05) is 35.9 Å². The highest BCUT2D eigenvalue weighted by molar-refractivity contribution is 6.30. The Morgan fingerprint density at radius 3 is 2.18 bits per heavy atom. The first-order valence-electron chi connectivity index (χ1n) is 6.63.